The lowest BCUT2D eigenvalue weighted by atomic mass is 10.1. The average molecular weight is 258 g/mol. The minimum absolute atomic E-state index is 0.248. The van der Waals surface area contributed by atoms with Crippen LogP contribution in [0, 0.1) is 0 Å². The molecule has 1 rings (SSSR count). The van der Waals surface area contributed by atoms with Crippen LogP contribution in [0.4, 0.5) is 0 Å². The molecule has 0 spiro atoms. The molecule has 1 aromatic heterocycles. The summed E-state index contributed by atoms with van der Waals surface area (Å²) in [7, 11) is 0. The third-order valence-corrected chi connectivity index (χ3v) is 2.35. The Kier molecular flexibility index (Phi) is 4.21. The molecular formula is C12H18O6. The van der Waals surface area contributed by atoms with Crippen LogP contribution in [0.1, 0.15) is 62.1 Å². The van der Waals surface area contributed by atoms with Crippen molar-refractivity contribution in [2.75, 3.05) is 0 Å². The lowest BCUT2D eigenvalue weighted by molar-refractivity contribution is -0.0582. The van der Waals surface area contributed by atoms with Gasteiger partial charge in [-0.15, -0.1) is 0 Å². The zero-order valence-corrected chi connectivity index (χ0v) is 11.2. The van der Waals surface area contributed by atoms with Gasteiger partial charge >= 0.3 is 23.5 Å². The van der Waals surface area contributed by atoms with Crippen molar-refractivity contribution in [2.45, 2.75) is 52.7 Å². The van der Waals surface area contributed by atoms with Gasteiger partial charge in [-0.3, -0.25) is 9.15 Å². The number of rotatable bonds is 5. The van der Waals surface area contributed by atoms with E-state index in [0.717, 1.165) is 0 Å². The standard InChI is InChI=1S/C12H18O6/c1-6-12(4,5)16-11(14)9-8(17-18-9)10(13)15-7(2)3/h7H,6H2,1-5H3. The molecule has 0 unspecified atom stereocenters. The molecule has 0 aliphatic rings. The van der Waals surface area contributed by atoms with Gasteiger partial charge in [0.25, 0.3) is 0 Å². The maximum atomic E-state index is 11.7. The van der Waals surface area contributed by atoms with Crippen molar-refractivity contribution in [3.05, 3.63) is 11.5 Å². The summed E-state index contributed by atoms with van der Waals surface area (Å²) in [4.78, 5) is 23.2. The third-order valence-electron chi connectivity index (χ3n) is 2.35. The Bertz CT molecular complexity index is 423. The number of carbonyl (C=O) groups is 2. The minimum Gasteiger partial charge on any atom is -0.457 e. The molecule has 1 heterocycles. The number of carbonyl (C=O) groups excluding carboxylic acids is 2. The highest BCUT2D eigenvalue weighted by molar-refractivity contribution is 5.99. The van der Waals surface area contributed by atoms with E-state index >= 15 is 0 Å². The smallest absolute Gasteiger partial charge is 0.384 e. The predicted octanol–water partition coefficient (Wildman–Crippen LogP) is 2.78. The van der Waals surface area contributed by atoms with Gasteiger partial charge in [0.1, 0.15) is 5.60 Å². The molecule has 0 aliphatic carbocycles. The lowest BCUT2D eigenvalue weighted by Crippen LogP contribution is -2.29. The highest BCUT2D eigenvalue weighted by atomic mass is 17.0. The van der Waals surface area contributed by atoms with Crippen molar-refractivity contribution in [3.63, 3.8) is 0 Å². The van der Waals surface area contributed by atoms with Gasteiger partial charge < -0.3 is 9.47 Å². The molecule has 0 atom stereocenters. The van der Waals surface area contributed by atoms with Gasteiger partial charge in [-0.2, -0.15) is 0 Å². The molecule has 0 aromatic carbocycles. The van der Waals surface area contributed by atoms with E-state index in [2.05, 4.69) is 9.15 Å². The summed E-state index contributed by atoms with van der Waals surface area (Å²) in [6, 6.07) is 0. The molecule has 0 saturated carbocycles. The maximum Gasteiger partial charge on any atom is 0.384 e. The molecule has 0 N–H and O–H groups in total. The Labute approximate surface area is 105 Å². The first-order chi connectivity index (χ1) is 8.26. The summed E-state index contributed by atoms with van der Waals surface area (Å²) in [6.45, 7) is 8.79. The first-order valence-electron chi connectivity index (χ1n) is 5.80. The zero-order valence-electron chi connectivity index (χ0n) is 11.2. The van der Waals surface area contributed by atoms with E-state index in [1.54, 1.807) is 27.7 Å². The number of hydrogen-bond donors (Lipinski definition) is 0. The highest BCUT2D eigenvalue weighted by Crippen LogP contribution is 2.21. The van der Waals surface area contributed by atoms with Crippen LogP contribution < -0.4 is 0 Å². The van der Waals surface area contributed by atoms with Crippen molar-refractivity contribution in [2.24, 2.45) is 0 Å². The Morgan fingerprint density at radius 2 is 1.67 bits per heavy atom. The molecule has 0 bridgehead atoms. The van der Waals surface area contributed by atoms with Crippen molar-refractivity contribution in [3.8, 4) is 0 Å². The average Bonchev–Trinajstić information content (AvgIpc) is 2.13. The van der Waals surface area contributed by atoms with Crippen molar-refractivity contribution < 1.29 is 28.2 Å². The Hall–Kier alpha value is -1.72. The van der Waals surface area contributed by atoms with E-state index in [4.69, 9.17) is 9.47 Å². The van der Waals surface area contributed by atoms with Gasteiger partial charge in [0.2, 0.25) is 0 Å². The third kappa shape index (κ3) is 3.38. The fourth-order valence-electron chi connectivity index (χ4n) is 1.02. The molecule has 0 saturated heterocycles. The second-order valence-electron chi connectivity index (χ2n) is 4.78. The van der Waals surface area contributed by atoms with Crippen molar-refractivity contribution in [1.82, 2.24) is 0 Å². The maximum absolute atomic E-state index is 11.7. The zero-order chi connectivity index (χ0) is 13.9. The van der Waals surface area contributed by atoms with Crippen LogP contribution in [0.5, 0.6) is 0 Å². The van der Waals surface area contributed by atoms with E-state index in [9.17, 15) is 9.59 Å². The fourth-order valence-corrected chi connectivity index (χ4v) is 1.02. The summed E-state index contributed by atoms with van der Waals surface area (Å²) in [6.07, 6.45) is 0.331. The van der Waals surface area contributed by atoms with Gasteiger partial charge in [-0.05, 0) is 34.1 Å². The second kappa shape index (κ2) is 5.29. The summed E-state index contributed by atoms with van der Waals surface area (Å²) in [5, 5.41) is 0. The van der Waals surface area contributed by atoms with Crippen molar-refractivity contribution >= 4 is 11.9 Å². The van der Waals surface area contributed by atoms with Crippen molar-refractivity contribution in [1.29, 1.82) is 0 Å². The van der Waals surface area contributed by atoms with Gasteiger partial charge in [-0.1, -0.05) is 6.92 Å². The monoisotopic (exact) mass is 258 g/mol. The Morgan fingerprint density at radius 1 is 1.17 bits per heavy atom. The fraction of sp³-hybridized carbons (Fsp3) is 0.667. The van der Waals surface area contributed by atoms with E-state index in [-0.39, 0.29) is 17.6 Å². The van der Waals surface area contributed by atoms with Crippen LogP contribution in [0.25, 0.3) is 0 Å². The highest BCUT2D eigenvalue weighted by Gasteiger charge is 2.34. The van der Waals surface area contributed by atoms with Crippen LogP contribution >= 0.6 is 0 Å². The van der Waals surface area contributed by atoms with E-state index < -0.39 is 17.5 Å². The van der Waals surface area contributed by atoms with Gasteiger partial charge in [0.15, 0.2) is 0 Å². The molecule has 6 heteroatoms. The van der Waals surface area contributed by atoms with Crippen LogP contribution in [0.2, 0.25) is 0 Å². The first-order valence-corrected chi connectivity index (χ1v) is 5.80. The molecule has 0 radical (unpaired) electrons. The van der Waals surface area contributed by atoms with E-state index in [0.29, 0.717) is 6.42 Å². The van der Waals surface area contributed by atoms with Crippen LogP contribution in [0.15, 0.2) is 9.15 Å². The number of hydrogen-bond acceptors (Lipinski definition) is 6. The Morgan fingerprint density at radius 3 is 2.06 bits per heavy atom. The quantitative estimate of drug-likeness (QED) is 0.596. The number of esters is 2. The topological polar surface area (TPSA) is 78.9 Å². The molecule has 0 fully saturated rings. The van der Waals surface area contributed by atoms with Crippen LogP contribution in [-0.4, -0.2) is 23.6 Å². The van der Waals surface area contributed by atoms with Crippen LogP contribution in [0.3, 0.4) is 0 Å². The summed E-state index contributed by atoms with van der Waals surface area (Å²) in [5.41, 5.74) is -0.629. The summed E-state index contributed by atoms with van der Waals surface area (Å²) >= 11 is 0. The summed E-state index contributed by atoms with van der Waals surface area (Å²) < 4.78 is 19.0. The van der Waals surface area contributed by atoms with Gasteiger partial charge in [0, 0.05) is 0 Å². The molecule has 6 nitrogen and oxygen atoms in total. The van der Waals surface area contributed by atoms with Crippen LogP contribution in [-0.2, 0) is 9.47 Å². The largest absolute Gasteiger partial charge is 0.457 e. The SMILES string of the molecule is CCC(C)(C)OC(=O)c1ooc1C(=O)OC(C)C. The molecule has 102 valence electrons. The summed E-state index contributed by atoms with van der Waals surface area (Å²) in [5.74, 6) is -1.97. The lowest BCUT2D eigenvalue weighted by Gasteiger charge is -2.23. The molecule has 1 aromatic rings. The molecule has 0 amide bonds. The van der Waals surface area contributed by atoms with E-state index in [1.165, 1.54) is 0 Å². The first kappa shape index (κ1) is 14.3. The van der Waals surface area contributed by atoms with Gasteiger partial charge in [0.05, 0.1) is 6.10 Å². The minimum atomic E-state index is -0.738. The molecule has 0 aliphatic heterocycles. The molecular weight excluding hydrogens is 240 g/mol. The number of ether oxygens (including phenoxy) is 2. The molecule has 18 heavy (non-hydrogen) atoms. The van der Waals surface area contributed by atoms with E-state index in [1.807, 2.05) is 6.92 Å². The second-order valence-corrected chi connectivity index (χ2v) is 4.78. The predicted molar refractivity (Wildman–Crippen MR) is 61.3 cm³/mol. The Balaban J connectivity index is 2.71. The normalized spacial score (nSPS) is 11.7. The van der Waals surface area contributed by atoms with Gasteiger partial charge in [-0.25, -0.2) is 9.59 Å².